The van der Waals surface area contributed by atoms with Crippen molar-refractivity contribution in [2.24, 2.45) is 7.05 Å². The van der Waals surface area contributed by atoms with E-state index in [1.807, 2.05) is 42.1 Å². The van der Waals surface area contributed by atoms with Gasteiger partial charge in [0.2, 0.25) is 0 Å². The second-order valence-electron chi connectivity index (χ2n) is 9.67. The first-order chi connectivity index (χ1) is 19.6. The van der Waals surface area contributed by atoms with Gasteiger partial charge in [-0.25, -0.2) is 4.98 Å². The summed E-state index contributed by atoms with van der Waals surface area (Å²) in [6.07, 6.45) is 5.28. The quantitative estimate of drug-likeness (QED) is 0.230. The number of halogens is 1. The Morgan fingerprint density at radius 1 is 1.05 bits per heavy atom. The molecule has 1 saturated heterocycles. The topological polar surface area (TPSA) is 79.0 Å². The molecule has 1 aliphatic rings. The largest absolute Gasteiger partial charge is 0.379 e. The van der Waals surface area contributed by atoms with Crippen LogP contribution in [0.5, 0.6) is 0 Å². The fourth-order valence-electron chi connectivity index (χ4n) is 4.81. The zero-order valence-corrected chi connectivity index (χ0v) is 23.5. The molecule has 40 heavy (non-hydrogen) atoms. The monoisotopic (exact) mass is 566 g/mol. The molecule has 0 radical (unpaired) electrons. The van der Waals surface area contributed by atoms with Crippen molar-refractivity contribution in [3.8, 4) is 17.2 Å². The van der Waals surface area contributed by atoms with Crippen LogP contribution in [0, 0.1) is 11.3 Å². The molecule has 2 aromatic heterocycles. The van der Waals surface area contributed by atoms with Crippen LogP contribution in [-0.2, 0) is 18.3 Å². The fraction of sp³-hybridized carbons (Fsp3) is 0.194. The second kappa shape index (κ2) is 11.7. The van der Waals surface area contributed by atoms with Crippen molar-refractivity contribution in [1.29, 1.82) is 5.26 Å². The number of rotatable bonds is 7. The van der Waals surface area contributed by atoms with Crippen molar-refractivity contribution in [3.05, 3.63) is 95.4 Å². The van der Waals surface area contributed by atoms with Gasteiger partial charge in [-0.1, -0.05) is 53.7 Å². The number of hydrogen-bond acceptors (Lipinski definition) is 7. The van der Waals surface area contributed by atoms with Crippen LogP contribution in [0.2, 0.25) is 5.02 Å². The molecule has 7 nitrogen and oxygen atoms in total. The van der Waals surface area contributed by atoms with E-state index in [-0.39, 0.29) is 0 Å². The molecule has 200 valence electrons. The van der Waals surface area contributed by atoms with Crippen molar-refractivity contribution in [3.63, 3.8) is 0 Å². The van der Waals surface area contributed by atoms with Crippen molar-refractivity contribution in [2.75, 3.05) is 31.6 Å². The summed E-state index contributed by atoms with van der Waals surface area (Å²) >= 11 is 8.14. The fourth-order valence-corrected chi connectivity index (χ4v) is 5.92. The summed E-state index contributed by atoms with van der Waals surface area (Å²) in [4.78, 5) is 12.3. The Bertz CT molecular complexity index is 1720. The molecule has 0 amide bonds. The molecule has 0 aliphatic carbocycles. The summed E-state index contributed by atoms with van der Waals surface area (Å²) in [6.45, 7) is 4.40. The van der Waals surface area contributed by atoms with E-state index in [2.05, 4.69) is 62.7 Å². The van der Waals surface area contributed by atoms with E-state index in [9.17, 15) is 5.26 Å². The number of pyridine rings is 1. The number of hydrogen-bond donors (Lipinski definition) is 1. The van der Waals surface area contributed by atoms with Gasteiger partial charge in [-0.05, 0) is 47.0 Å². The van der Waals surface area contributed by atoms with Gasteiger partial charge in [-0.2, -0.15) is 5.26 Å². The van der Waals surface area contributed by atoms with Crippen LogP contribution < -0.4 is 5.32 Å². The summed E-state index contributed by atoms with van der Waals surface area (Å²) in [5, 5.41) is 15.6. The van der Waals surface area contributed by atoms with Crippen LogP contribution in [0.4, 0.5) is 11.4 Å². The number of fused-ring (bicyclic) bond motifs is 1. The number of nitriles is 1. The average Bonchev–Trinajstić information content (AvgIpc) is 3.39. The van der Waals surface area contributed by atoms with E-state index in [1.165, 1.54) is 17.3 Å². The maximum atomic E-state index is 9.84. The highest BCUT2D eigenvalue weighted by Gasteiger charge is 2.14. The molecule has 0 saturated carbocycles. The van der Waals surface area contributed by atoms with E-state index in [0.29, 0.717) is 16.3 Å². The van der Waals surface area contributed by atoms with Crippen LogP contribution in [0.25, 0.3) is 22.0 Å². The molecule has 9 heteroatoms. The maximum Gasteiger partial charge on any atom is 0.172 e. The van der Waals surface area contributed by atoms with Crippen molar-refractivity contribution >= 4 is 45.6 Å². The number of nitrogens with zero attached hydrogens (tertiary/aromatic N) is 5. The Balaban J connectivity index is 1.27. The zero-order valence-electron chi connectivity index (χ0n) is 22.0. The first kappa shape index (κ1) is 26.4. The molecule has 0 spiro atoms. The van der Waals surface area contributed by atoms with Gasteiger partial charge < -0.3 is 14.6 Å². The maximum absolute atomic E-state index is 9.84. The SMILES string of the molecule is Cn1ccnc1Sc1ccc(Nc2c(C#N)cnc3cc(-c4cccc(CN5CCOCC5)c4)ccc23)cc1Cl. The molecule has 0 unspecified atom stereocenters. The number of imidazole rings is 1. The number of nitrogens with one attached hydrogen (secondary N) is 1. The molecule has 0 atom stereocenters. The highest BCUT2D eigenvalue weighted by Crippen LogP contribution is 2.36. The standard InChI is InChI=1S/C31H27ClN6OS/c1-37-10-9-34-31(37)40-29-8-6-25(17-27(29)32)36-30-24(18-33)19-35-28-16-23(5-7-26(28)30)22-4-2-3-21(15-22)20-38-11-13-39-14-12-38/h2-10,15-17,19H,11-14,20H2,1H3,(H,35,36). The number of anilines is 2. The van der Waals surface area contributed by atoms with Gasteiger partial charge in [0.25, 0.3) is 0 Å². The Morgan fingerprint density at radius 2 is 1.90 bits per heavy atom. The lowest BCUT2D eigenvalue weighted by molar-refractivity contribution is 0.0342. The van der Waals surface area contributed by atoms with Gasteiger partial charge in [0.15, 0.2) is 5.16 Å². The Labute approximate surface area is 242 Å². The predicted molar refractivity (Wildman–Crippen MR) is 160 cm³/mol. The highest BCUT2D eigenvalue weighted by molar-refractivity contribution is 7.99. The van der Waals surface area contributed by atoms with Gasteiger partial charge in [0, 0.05) is 61.2 Å². The first-order valence-corrected chi connectivity index (χ1v) is 14.2. The zero-order chi connectivity index (χ0) is 27.5. The molecule has 1 aliphatic heterocycles. The average molecular weight is 567 g/mol. The minimum Gasteiger partial charge on any atom is -0.379 e. The molecule has 1 N–H and O–H groups in total. The molecule has 0 bridgehead atoms. The Kier molecular flexibility index (Phi) is 7.71. The molecule has 3 aromatic carbocycles. The van der Waals surface area contributed by atoms with E-state index in [4.69, 9.17) is 16.3 Å². The molecule has 3 heterocycles. The van der Waals surface area contributed by atoms with E-state index in [0.717, 1.165) is 70.6 Å². The summed E-state index contributed by atoms with van der Waals surface area (Å²) in [5.74, 6) is 0. The third kappa shape index (κ3) is 5.69. The van der Waals surface area contributed by atoms with E-state index < -0.39 is 0 Å². The third-order valence-corrected chi connectivity index (χ3v) is 8.52. The summed E-state index contributed by atoms with van der Waals surface area (Å²) in [7, 11) is 1.95. The Morgan fingerprint density at radius 3 is 2.67 bits per heavy atom. The molecule has 1 fully saturated rings. The van der Waals surface area contributed by atoms with Gasteiger partial charge in [-0.15, -0.1) is 0 Å². The Hall–Kier alpha value is -3.87. The lowest BCUT2D eigenvalue weighted by atomic mass is 10.00. The smallest absolute Gasteiger partial charge is 0.172 e. The van der Waals surface area contributed by atoms with E-state index >= 15 is 0 Å². The van der Waals surface area contributed by atoms with Gasteiger partial charge in [-0.3, -0.25) is 9.88 Å². The minimum absolute atomic E-state index is 0.468. The number of aryl methyl sites for hydroxylation is 1. The molecular weight excluding hydrogens is 540 g/mol. The predicted octanol–water partition coefficient (Wildman–Crippen LogP) is 6.89. The van der Waals surface area contributed by atoms with Crippen LogP contribution >= 0.6 is 23.4 Å². The van der Waals surface area contributed by atoms with Gasteiger partial charge >= 0.3 is 0 Å². The molecular formula is C31H27ClN6OS. The van der Waals surface area contributed by atoms with Crippen molar-refractivity contribution in [2.45, 2.75) is 16.6 Å². The summed E-state index contributed by atoms with van der Waals surface area (Å²) < 4.78 is 7.43. The van der Waals surface area contributed by atoms with Crippen LogP contribution in [0.15, 0.2) is 89.3 Å². The number of ether oxygens (including phenoxy) is 1. The van der Waals surface area contributed by atoms with E-state index in [1.54, 1.807) is 12.4 Å². The minimum atomic E-state index is 0.468. The lowest BCUT2D eigenvalue weighted by Gasteiger charge is -2.26. The lowest BCUT2D eigenvalue weighted by Crippen LogP contribution is -2.35. The number of aromatic nitrogens is 3. The third-order valence-electron chi connectivity index (χ3n) is 6.94. The van der Waals surface area contributed by atoms with Crippen molar-refractivity contribution < 1.29 is 4.74 Å². The van der Waals surface area contributed by atoms with Crippen LogP contribution in [0.1, 0.15) is 11.1 Å². The molecule has 5 aromatic rings. The van der Waals surface area contributed by atoms with Crippen LogP contribution in [-0.4, -0.2) is 45.7 Å². The second-order valence-corrected chi connectivity index (χ2v) is 11.1. The first-order valence-electron chi connectivity index (χ1n) is 13.0. The van der Waals surface area contributed by atoms with Crippen molar-refractivity contribution in [1.82, 2.24) is 19.4 Å². The number of morpholine rings is 1. The molecule has 6 rings (SSSR count). The summed E-state index contributed by atoms with van der Waals surface area (Å²) in [6, 6.07) is 22.9. The summed E-state index contributed by atoms with van der Waals surface area (Å²) in [5.41, 5.74) is 6.27. The van der Waals surface area contributed by atoms with Gasteiger partial charge in [0.05, 0.1) is 35.0 Å². The van der Waals surface area contributed by atoms with Gasteiger partial charge in [0.1, 0.15) is 6.07 Å². The van der Waals surface area contributed by atoms with Crippen LogP contribution in [0.3, 0.4) is 0 Å². The number of benzene rings is 3. The normalized spacial score (nSPS) is 13.8. The highest BCUT2D eigenvalue weighted by atomic mass is 35.5.